The standard InChI is InChI=1S/C7H12O2.C4H6O2.C3H3N/c1-3-5-6-9-7(8)4-2;1-3-6-4(2)5;1-2-3-4/h4H,2-3,5-6H2,1H3;3H,1H2,2H3;2H,1H2. The topological polar surface area (TPSA) is 76.4 Å². The van der Waals surface area contributed by atoms with Gasteiger partial charge in [0.2, 0.25) is 0 Å². The summed E-state index contributed by atoms with van der Waals surface area (Å²) in [7, 11) is 0. The first-order chi connectivity index (χ1) is 8.99. The number of ether oxygens (including phenoxy) is 2. The number of nitriles is 1. The molecule has 0 heterocycles. The van der Waals surface area contributed by atoms with E-state index in [2.05, 4.69) is 29.2 Å². The average Bonchev–Trinajstić information content (AvgIpc) is 2.39. The Labute approximate surface area is 114 Å². The van der Waals surface area contributed by atoms with Crippen molar-refractivity contribution in [2.75, 3.05) is 6.61 Å². The van der Waals surface area contributed by atoms with Crippen LogP contribution in [0.25, 0.3) is 0 Å². The molecule has 0 saturated heterocycles. The second-order valence-corrected chi connectivity index (χ2v) is 2.83. The Balaban J connectivity index is -0.000000222. The zero-order chi connectivity index (χ0) is 15.5. The third kappa shape index (κ3) is 39.0. The van der Waals surface area contributed by atoms with E-state index in [1.165, 1.54) is 19.1 Å². The maximum Gasteiger partial charge on any atom is 0.330 e. The summed E-state index contributed by atoms with van der Waals surface area (Å²) in [6.45, 7) is 13.4. The molecule has 0 aliphatic heterocycles. The van der Waals surface area contributed by atoms with Crippen molar-refractivity contribution in [1.82, 2.24) is 0 Å². The molecule has 0 aromatic heterocycles. The van der Waals surface area contributed by atoms with Crippen LogP contribution in [-0.2, 0) is 19.1 Å². The normalized spacial score (nSPS) is 7.00. The van der Waals surface area contributed by atoms with Crippen LogP contribution in [0, 0.1) is 11.3 Å². The monoisotopic (exact) mass is 267 g/mol. The molecule has 0 fully saturated rings. The molecule has 0 N–H and O–H groups in total. The zero-order valence-corrected chi connectivity index (χ0v) is 11.6. The molecule has 0 radical (unpaired) electrons. The second-order valence-electron chi connectivity index (χ2n) is 2.83. The lowest BCUT2D eigenvalue weighted by Crippen LogP contribution is -2.00. The van der Waals surface area contributed by atoms with Crippen LogP contribution < -0.4 is 0 Å². The Hall–Kier alpha value is -2.35. The van der Waals surface area contributed by atoms with Crippen LogP contribution in [0.1, 0.15) is 26.7 Å². The summed E-state index contributed by atoms with van der Waals surface area (Å²) in [5.41, 5.74) is 0. The molecule has 106 valence electrons. The highest BCUT2D eigenvalue weighted by molar-refractivity contribution is 5.81. The Bertz CT molecular complexity index is 316. The van der Waals surface area contributed by atoms with Crippen LogP contribution in [-0.4, -0.2) is 18.5 Å². The first-order valence-corrected chi connectivity index (χ1v) is 5.57. The molecule has 0 unspecified atom stereocenters. The first kappa shape index (κ1) is 21.9. The molecular weight excluding hydrogens is 246 g/mol. The molecule has 0 spiro atoms. The molecular formula is C14H21NO4. The number of hydrogen-bond acceptors (Lipinski definition) is 5. The van der Waals surface area contributed by atoms with E-state index in [-0.39, 0.29) is 11.9 Å². The number of allylic oxidation sites excluding steroid dienone is 1. The van der Waals surface area contributed by atoms with E-state index in [0.717, 1.165) is 19.1 Å². The van der Waals surface area contributed by atoms with E-state index in [9.17, 15) is 9.59 Å². The van der Waals surface area contributed by atoms with E-state index in [1.54, 1.807) is 6.07 Å². The molecule has 0 saturated carbocycles. The number of esters is 2. The van der Waals surface area contributed by atoms with E-state index in [1.807, 2.05) is 6.92 Å². The molecule has 0 bridgehead atoms. The summed E-state index contributed by atoms with van der Waals surface area (Å²) in [5, 5.41) is 7.51. The molecule has 0 aromatic carbocycles. The molecule has 0 atom stereocenters. The molecule has 5 nitrogen and oxygen atoms in total. The maximum atomic E-state index is 10.3. The van der Waals surface area contributed by atoms with Gasteiger partial charge in [0.15, 0.2) is 0 Å². The van der Waals surface area contributed by atoms with Crippen molar-refractivity contribution in [3.8, 4) is 6.07 Å². The van der Waals surface area contributed by atoms with Crippen molar-refractivity contribution in [3.05, 3.63) is 38.2 Å². The van der Waals surface area contributed by atoms with Crippen LogP contribution in [0.2, 0.25) is 0 Å². The molecule has 0 amide bonds. The van der Waals surface area contributed by atoms with Crippen molar-refractivity contribution in [2.45, 2.75) is 26.7 Å². The van der Waals surface area contributed by atoms with Crippen molar-refractivity contribution in [1.29, 1.82) is 5.26 Å². The lowest BCUT2D eigenvalue weighted by Gasteiger charge is -1.97. The fourth-order valence-electron chi connectivity index (χ4n) is 0.493. The van der Waals surface area contributed by atoms with Crippen LogP contribution in [0.5, 0.6) is 0 Å². The molecule has 19 heavy (non-hydrogen) atoms. The Morgan fingerprint density at radius 2 is 1.84 bits per heavy atom. The summed E-state index contributed by atoms with van der Waals surface area (Å²) in [6.07, 6.45) is 5.43. The van der Waals surface area contributed by atoms with Crippen molar-refractivity contribution in [3.63, 3.8) is 0 Å². The van der Waals surface area contributed by atoms with E-state index < -0.39 is 0 Å². The van der Waals surface area contributed by atoms with Gasteiger partial charge in [-0.05, 0) is 6.42 Å². The first-order valence-electron chi connectivity index (χ1n) is 5.57. The SMILES string of the molecule is C=CC#N.C=CC(=O)OCCCC.C=COC(C)=O. The quantitative estimate of drug-likeness (QED) is 0.252. The minimum Gasteiger partial charge on any atom is -0.463 e. The van der Waals surface area contributed by atoms with Crippen molar-refractivity contribution < 1.29 is 19.1 Å². The number of nitrogens with zero attached hydrogens (tertiary/aromatic N) is 1. The van der Waals surface area contributed by atoms with Crippen LogP contribution in [0.4, 0.5) is 0 Å². The van der Waals surface area contributed by atoms with Gasteiger partial charge in [0.25, 0.3) is 0 Å². The smallest absolute Gasteiger partial charge is 0.330 e. The van der Waals surface area contributed by atoms with Gasteiger partial charge in [-0.2, -0.15) is 5.26 Å². The van der Waals surface area contributed by atoms with Gasteiger partial charge in [0, 0.05) is 19.1 Å². The summed E-state index contributed by atoms with van der Waals surface area (Å²) < 4.78 is 8.84. The summed E-state index contributed by atoms with van der Waals surface area (Å²) in [6, 6.07) is 1.69. The molecule has 0 aliphatic rings. The highest BCUT2D eigenvalue weighted by Gasteiger charge is 1.91. The van der Waals surface area contributed by atoms with E-state index >= 15 is 0 Å². The molecule has 0 aromatic rings. The van der Waals surface area contributed by atoms with Crippen molar-refractivity contribution >= 4 is 11.9 Å². The number of carbonyl (C=O) groups excluding carboxylic acids is 2. The van der Waals surface area contributed by atoms with E-state index in [4.69, 9.17) is 5.26 Å². The summed E-state index contributed by atoms with van der Waals surface area (Å²) >= 11 is 0. The van der Waals surface area contributed by atoms with Gasteiger partial charge in [0.05, 0.1) is 18.9 Å². The third-order valence-corrected chi connectivity index (χ3v) is 1.25. The average molecular weight is 267 g/mol. The maximum absolute atomic E-state index is 10.3. The highest BCUT2D eigenvalue weighted by Crippen LogP contribution is 1.88. The zero-order valence-electron chi connectivity index (χ0n) is 11.6. The minimum atomic E-state index is -0.330. The van der Waals surface area contributed by atoms with Gasteiger partial charge in [-0.3, -0.25) is 4.79 Å². The van der Waals surface area contributed by atoms with Gasteiger partial charge in [-0.25, -0.2) is 4.79 Å². The van der Waals surface area contributed by atoms with Crippen LogP contribution in [0.15, 0.2) is 38.2 Å². The van der Waals surface area contributed by atoms with Gasteiger partial charge in [-0.15, -0.1) is 0 Å². The fourth-order valence-corrected chi connectivity index (χ4v) is 0.493. The van der Waals surface area contributed by atoms with E-state index in [0.29, 0.717) is 6.61 Å². The predicted octanol–water partition coefficient (Wildman–Crippen LogP) is 2.90. The lowest BCUT2D eigenvalue weighted by molar-refractivity contribution is -0.138. The molecule has 0 rings (SSSR count). The fraction of sp³-hybridized carbons (Fsp3) is 0.357. The molecule has 5 heteroatoms. The minimum absolute atomic E-state index is 0.329. The highest BCUT2D eigenvalue weighted by atomic mass is 16.5. The van der Waals surface area contributed by atoms with Crippen LogP contribution >= 0.6 is 0 Å². The van der Waals surface area contributed by atoms with Gasteiger partial charge < -0.3 is 9.47 Å². The predicted molar refractivity (Wildman–Crippen MR) is 73.8 cm³/mol. The summed E-state index contributed by atoms with van der Waals surface area (Å²) in [4.78, 5) is 20.1. The number of rotatable bonds is 5. The number of hydrogen-bond donors (Lipinski definition) is 0. The Kier molecular flexibility index (Phi) is 24.2. The second kappa shape index (κ2) is 21.0. The van der Waals surface area contributed by atoms with Gasteiger partial charge in [0.1, 0.15) is 0 Å². The Morgan fingerprint density at radius 1 is 1.32 bits per heavy atom. The van der Waals surface area contributed by atoms with Crippen molar-refractivity contribution in [2.24, 2.45) is 0 Å². The lowest BCUT2D eigenvalue weighted by atomic mass is 10.4. The largest absolute Gasteiger partial charge is 0.463 e. The number of unbranched alkanes of at least 4 members (excludes halogenated alkanes) is 1. The van der Waals surface area contributed by atoms with Crippen LogP contribution in [0.3, 0.4) is 0 Å². The van der Waals surface area contributed by atoms with Gasteiger partial charge in [-0.1, -0.05) is 33.1 Å². The molecule has 0 aliphatic carbocycles. The van der Waals surface area contributed by atoms with Gasteiger partial charge >= 0.3 is 11.9 Å². The number of carbonyl (C=O) groups is 2. The third-order valence-electron chi connectivity index (χ3n) is 1.25. The summed E-state index contributed by atoms with van der Waals surface area (Å²) in [5.74, 6) is -0.659. The Morgan fingerprint density at radius 3 is 2.05 bits per heavy atom.